The van der Waals surface area contributed by atoms with Gasteiger partial charge in [-0.15, -0.1) is 10.2 Å². The average Bonchev–Trinajstić information content (AvgIpc) is 2.93. The van der Waals surface area contributed by atoms with Crippen LogP contribution in [-0.4, -0.2) is 37.8 Å². The van der Waals surface area contributed by atoms with Crippen molar-refractivity contribution in [3.8, 4) is 0 Å². The molecule has 0 aliphatic heterocycles. The number of amides is 1. The van der Waals surface area contributed by atoms with E-state index in [0.717, 1.165) is 22.0 Å². The average molecular weight is 340 g/mol. The summed E-state index contributed by atoms with van der Waals surface area (Å²) in [6.07, 6.45) is 1.82. The monoisotopic (exact) mass is 340 g/mol. The summed E-state index contributed by atoms with van der Waals surface area (Å²) in [4.78, 5) is 12.4. The maximum absolute atomic E-state index is 12.4. The number of aryl methyl sites for hydroxylation is 1. The molecule has 0 spiro atoms. The second-order valence-corrected chi connectivity index (χ2v) is 7.63. The number of rotatable bonds is 5. The summed E-state index contributed by atoms with van der Waals surface area (Å²) in [7, 11) is -2.05. The number of para-hydroxylation sites is 1. The van der Waals surface area contributed by atoms with E-state index in [1.807, 2.05) is 6.92 Å². The van der Waals surface area contributed by atoms with Gasteiger partial charge in [-0.25, -0.2) is 8.42 Å². The standard InChI is InChI=1S/C13H16N4O3S2/c1-4-11-15-16-13(21-11)14-12(18)9-7-5-6-8-10(9)17(2)22(3,19)20/h5-8H,4H2,1-3H3,(H,14,16,18). The van der Waals surface area contributed by atoms with Crippen molar-refractivity contribution in [3.63, 3.8) is 0 Å². The fourth-order valence-corrected chi connectivity index (χ4v) is 2.92. The van der Waals surface area contributed by atoms with Gasteiger partial charge < -0.3 is 0 Å². The Hall–Kier alpha value is -2.00. The van der Waals surface area contributed by atoms with Crippen molar-refractivity contribution < 1.29 is 13.2 Å². The van der Waals surface area contributed by atoms with Crippen molar-refractivity contribution in [2.75, 3.05) is 22.9 Å². The molecule has 1 amide bonds. The van der Waals surface area contributed by atoms with Crippen LogP contribution in [0.3, 0.4) is 0 Å². The summed E-state index contributed by atoms with van der Waals surface area (Å²) >= 11 is 1.29. The third kappa shape index (κ3) is 3.60. The molecule has 9 heteroatoms. The Morgan fingerprint density at radius 2 is 2.00 bits per heavy atom. The van der Waals surface area contributed by atoms with Crippen LogP contribution in [0, 0.1) is 0 Å². The largest absolute Gasteiger partial charge is 0.296 e. The highest BCUT2D eigenvalue weighted by molar-refractivity contribution is 7.92. The first-order valence-corrected chi connectivity index (χ1v) is 9.16. The number of carbonyl (C=O) groups excluding carboxylic acids is 1. The van der Waals surface area contributed by atoms with Crippen molar-refractivity contribution in [2.45, 2.75) is 13.3 Å². The third-order valence-corrected chi connectivity index (χ3v) is 5.15. The van der Waals surface area contributed by atoms with Crippen molar-refractivity contribution in [3.05, 3.63) is 34.8 Å². The van der Waals surface area contributed by atoms with Gasteiger partial charge in [-0.1, -0.05) is 30.4 Å². The highest BCUT2D eigenvalue weighted by atomic mass is 32.2. The van der Waals surface area contributed by atoms with E-state index >= 15 is 0 Å². The lowest BCUT2D eigenvalue weighted by Crippen LogP contribution is -2.27. The zero-order valence-corrected chi connectivity index (χ0v) is 14.0. The number of benzene rings is 1. The molecule has 2 aromatic rings. The smallest absolute Gasteiger partial charge is 0.259 e. The number of anilines is 2. The van der Waals surface area contributed by atoms with E-state index in [1.165, 1.54) is 18.4 Å². The van der Waals surface area contributed by atoms with Crippen molar-refractivity contribution in [1.29, 1.82) is 0 Å². The van der Waals surface area contributed by atoms with Gasteiger partial charge in [-0.2, -0.15) is 0 Å². The first-order chi connectivity index (χ1) is 10.3. The second kappa shape index (κ2) is 6.41. The van der Waals surface area contributed by atoms with Crippen LogP contribution in [0.25, 0.3) is 0 Å². The van der Waals surface area contributed by atoms with Gasteiger partial charge in [0, 0.05) is 7.05 Å². The molecule has 0 bridgehead atoms. The Labute approximate surface area is 133 Å². The summed E-state index contributed by atoms with van der Waals surface area (Å²) in [5.74, 6) is -0.426. The van der Waals surface area contributed by atoms with Crippen LogP contribution in [0.2, 0.25) is 0 Å². The zero-order valence-electron chi connectivity index (χ0n) is 12.4. The molecule has 0 saturated carbocycles. The predicted molar refractivity (Wildman–Crippen MR) is 86.9 cm³/mol. The van der Waals surface area contributed by atoms with E-state index in [-0.39, 0.29) is 5.56 Å². The Balaban J connectivity index is 2.30. The van der Waals surface area contributed by atoms with Gasteiger partial charge in [0.05, 0.1) is 17.5 Å². The van der Waals surface area contributed by atoms with Crippen molar-refractivity contribution in [2.24, 2.45) is 0 Å². The van der Waals surface area contributed by atoms with Gasteiger partial charge in [0.1, 0.15) is 5.01 Å². The summed E-state index contributed by atoms with van der Waals surface area (Å²) in [6.45, 7) is 1.95. The zero-order chi connectivity index (χ0) is 16.3. The number of aromatic nitrogens is 2. The van der Waals surface area contributed by atoms with Crippen LogP contribution in [0.4, 0.5) is 10.8 Å². The molecule has 1 aromatic carbocycles. The van der Waals surface area contributed by atoms with Crippen LogP contribution in [-0.2, 0) is 16.4 Å². The van der Waals surface area contributed by atoms with Crippen LogP contribution in [0.5, 0.6) is 0 Å². The number of hydrogen-bond donors (Lipinski definition) is 1. The number of sulfonamides is 1. The van der Waals surface area contributed by atoms with E-state index in [4.69, 9.17) is 0 Å². The molecular weight excluding hydrogens is 324 g/mol. The molecule has 1 aromatic heterocycles. The van der Waals surface area contributed by atoms with Crippen molar-refractivity contribution in [1.82, 2.24) is 10.2 Å². The lowest BCUT2D eigenvalue weighted by Gasteiger charge is -2.19. The molecule has 22 heavy (non-hydrogen) atoms. The molecule has 0 saturated heterocycles. The minimum atomic E-state index is -3.46. The van der Waals surface area contributed by atoms with E-state index in [2.05, 4.69) is 15.5 Å². The van der Waals surface area contributed by atoms with E-state index in [0.29, 0.717) is 10.8 Å². The first-order valence-electron chi connectivity index (χ1n) is 6.49. The molecular formula is C13H16N4O3S2. The number of hydrogen-bond acceptors (Lipinski definition) is 6. The number of nitrogens with zero attached hydrogens (tertiary/aromatic N) is 3. The fourth-order valence-electron chi connectivity index (χ4n) is 1.73. The minimum absolute atomic E-state index is 0.253. The molecule has 7 nitrogen and oxygen atoms in total. The van der Waals surface area contributed by atoms with Gasteiger partial charge in [-0.3, -0.25) is 14.4 Å². The van der Waals surface area contributed by atoms with Crippen LogP contribution in [0.1, 0.15) is 22.3 Å². The van der Waals surface area contributed by atoms with Gasteiger partial charge in [-0.05, 0) is 18.6 Å². The Morgan fingerprint density at radius 3 is 2.59 bits per heavy atom. The van der Waals surface area contributed by atoms with Gasteiger partial charge >= 0.3 is 0 Å². The minimum Gasteiger partial charge on any atom is -0.296 e. The molecule has 0 aliphatic rings. The van der Waals surface area contributed by atoms with Gasteiger partial charge in [0.2, 0.25) is 15.2 Å². The Morgan fingerprint density at radius 1 is 1.32 bits per heavy atom. The molecule has 0 atom stereocenters. The molecule has 0 unspecified atom stereocenters. The van der Waals surface area contributed by atoms with Gasteiger partial charge in [0.25, 0.3) is 5.91 Å². The Kier molecular flexibility index (Phi) is 4.77. The first kappa shape index (κ1) is 16.4. The molecule has 2 rings (SSSR count). The second-order valence-electron chi connectivity index (χ2n) is 4.56. The summed E-state index contributed by atoms with van der Waals surface area (Å²) in [5.41, 5.74) is 0.561. The highest BCUT2D eigenvalue weighted by Crippen LogP contribution is 2.23. The molecule has 0 fully saturated rings. The van der Waals surface area contributed by atoms with Crippen LogP contribution in [0.15, 0.2) is 24.3 Å². The quantitative estimate of drug-likeness (QED) is 0.895. The predicted octanol–water partition coefficient (Wildman–Crippen LogP) is 1.75. The molecule has 1 heterocycles. The summed E-state index contributed by atoms with van der Waals surface area (Å²) in [6, 6.07) is 6.49. The highest BCUT2D eigenvalue weighted by Gasteiger charge is 2.20. The molecule has 0 aliphatic carbocycles. The normalized spacial score (nSPS) is 11.2. The molecule has 0 radical (unpaired) electrons. The number of nitrogens with one attached hydrogen (secondary N) is 1. The van der Waals surface area contributed by atoms with E-state index in [9.17, 15) is 13.2 Å². The molecule has 118 valence electrons. The molecule has 1 N–H and O–H groups in total. The van der Waals surface area contributed by atoms with Crippen LogP contribution < -0.4 is 9.62 Å². The lowest BCUT2D eigenvalue weighted by molar-refractivity contribution is 0.102. The maximum atomic E-state index is 12.4. The Bertz CT molecular complexity index is 786. The number of carbonyl (C=O) groups is 1. The summed E-state index contributed by atoms with van der Waals surface area (Å²) in [5, 5.41) is 11.7. The fraction of sp³-hybridized carbons (Fsp3) is 0.308. The SMILES string of the molecule is CCc1nnc(NC(=O)c2ccccc2N(C)S(C)(=O)=O)s1. The topological polar surface area (TPSA) is 92.3 Å². The van der Waals surface area contributed by atoms with Crippen LogP contribution >= 0.6 is 11.3 Å². The van der Waals surface area contributed by atoms with Gasteiger partial charge in [0.15, 0.2) is 0 Å². The maximum Gasteiger partial charge on any atom is 0.259 e. The van der Waals surface area contributed by atoms with E-state index < -0.39 is 15.9 Å². The van der Waals surface area contributed by atoms with Crippen molar-refractivity contribution >= 4 is 38.1 Å². The summed E-state index contributed by atoms with van der Waals surface area (Å²) < 4.78 is 24.4. The van der Waals surface area contributed by atoms with E-state index in [1.54, 1.807) is 24.3 Å². The third-order valence-electron chi connectivity index (χ3n) is 2.98. The lowest BCUT2D eigenvalue weighted by atomic mass is 10.1.